The molecule has 0 aromatic heterocycles. The van der Waals surface area contributed by atoms with Gasteiger partial charge >= 0.3 is 0 Å². The molecule has 1 aliphatic rings. The van der Waals surface area contributed by atoms with Crippen LogP contribution >= 0.6 is 0 Å². The maximum absolute atomic E-state index is 5.74. The second-order valence-electron chi connectivity index (χ2n) is 5.48. The molecule has 1 fully saturated rings. The van der Waals surface area contributed by atoms with E-state index in [9.17, 15) is 0 Å². The average Bonchev–Trinajstić information content (AvgIpc) is 2.47. The van der Waals surface area contributed by atoms with E-state index in [1.807, 2.05) is 6.08 Å². The first-order chi connectivity index (χ1) is 9.30. The van der Waals surface area contributed by atoms with E-state index in [4.69, 9.17) is 4.84 Å². The normalized spacial score (nSPS) is 18.4. The van der Waals surface area contributed by atoms with E-state index in [1.165, 1.54) is 37.7 Å². The molecular formula is C17H25NO. The van der Waals surface area contributed by atoms with E-state index in [1.54, 1.807) is 7.11 Å². The molecule has 0 spiro atoms. The van der Waals surface area contributed by atoms with Gasteiger partial charge in [0.15, 0.2) is 0 Å². The maximum Gasteiger partial charge on any atom is 0.0575 e. The molecule has 0 aliphatic heterocycles. The van der Waals surface area contributed by atoms with Crippen LogP contribution in [0.3, 0.4) is 0 Å². The Labute approximate surface area is 117 Å². The predicted molar refractivity (Wildman–Crippen MR) is 79.6 cm³/mol. The van der Waals surface area contributed by atoms with Crippen LogP contribution in [0.1, 0.15) is 44.1 Å². The number of benzene rings is 1. The Kier molecular flexibility index (Phi) is 5.17. The lowest BCUT2D eigenvalue weighted by atomic mass is 9.78. The highest BCUT2D eigenvalue weighted by molar-refractivity contribution is 5.15. The summed E-state index contributed by atoms with van der Waals surface area (Å²) in [5.74, 6) is 0. The van der Waals surface area contributed by atoms with Crippen molar-refractivity contribution in [3.05, 3.63) is 48.6 Å². The topological polar surface area (TPSA) is 12.5 Å². The zero-order valence-electron chi connectivity index (χ0n) is 12.0. The molecule has 0 N–H and O–H groups in total. The van der Waals surface area contributed by atoms with Crippen molar-refractivity contribution in [2.24, 2.45) is 0 Å². The van der Waals surface area contributed by atoms with Crippen molar-refractivity contribution in [2.75, 3.05) is 7.11 Å². The van der Waals surface area contributed by atoms with Crippen molar-refractivity contribution in [2.45, 2.75) is 50.6 Å². The van der Waals surface area contributed by atoms with Crippen LogP contribution < -0.4 is 0 Å². The van der Waals surface area contributed by atoms with E-state index in [0.717, 1.165) is 13.0 Å². The minimum atomic E-state index is 0.143. The molecule has 19 heavy (non-hydrogen) atoms. The molecular weight excluding hydrogens is 234 g/mol. The van der Waals surface area contributed by atoms with Gasteiger partial charge in [0.2, 0.25) is 0 Å². The first-order valence-corrected chi connectivity index (χ1v) is 7.27. The molecule has 0 amide bonds. The number of rotatable bonds is 6. The van der Waals surface area contributed by atoms with Gasteiger partial charge in [-0.2, -0.15) is 5.06 Å². The molecule has 2 nitrogen and oxygen atoms in total. The van der Waals surface area contributed by atoms with Gasteiger partial charge in [-0.25, -0.2) is 0 Å². The number of hydroxylamine groups is 2. The summed E-state index contributed by atoms with van der Waals surface area (Å²) < 4.78 is 0. The Morgan fingerprint density at radius 2 is 1.89 bits per heavy atom. The van der Waals surface area contributed by atoms with Crippen molar-refractivity contribution in [3.8, 4) is 0 Å². The van der Waals surface area contributed by atoms with Gasteiger partial charge in [0.1, 0.15) is 0 Å². The number of nitrogens with zero attached hydrogens (tertiary/aromatic N) is 1. The molecule has 2 heteroatoms. The summed E-state index contributed by atoms with van der Waals surface area (Å²) >= 11 is 0. The van der Waals surface area contributed by atoms with Gasteiger partial charge in [0.25, 0.3) is 0 Å². The van der Waals surface area contributed by atoms with E-state index < -0.39 is 0 Å². The largest absolute Gasteiger partial charge is 0.301 e. The van der Waals surface area contributed by atoms with Crippen LogP contribution in [0.4, 0.5) is 0 Å². The van der Waals surface area contributed by atoms with Crippen molar-refractivity contribution in [1.29, 1.82) is 0 Å². The molecule has 1 aliphatic carbocycles. The molecule has 0 bridgehead atoms. The summed E-state index contributed by atoms with van der Waals surface area (Å²) in [7, 11) is 1.79. The van der Waals surface area contributed by atoms with Gasteiger partial charge in [0.05, 0.1) is 12.6 Å². The van der Waals surface area contributed by atoms with Crippen LogP contribution in [0.15, 0.2) is 43.0 Å². The van der Waals surface area contributed by atoms with Gasteiger partial charge in [-0.15, -0.1) is 6.58 Å². The molecule has 1 aromatic carbocycles. The second kappa shape index (κ2) is 6.88. The fourth-order valence-corrected chi connectivity index (χ4v) is 3.21. The molecule has 1 saturated carbocycles. The maximum atomic E-state index is 5.74. The molecule has 104 valence electrons. The van der Waals surface area contributed by atoms with E-state index in [2.05, 4.69) is 42.0 Å². The highest BCUT2D eigenvalue weighted by Crippen LogP contribution is 2.37. The Balaban J connectivity index is 2.14. The standard InChI is InChI=1S/C17H25NO/c1-3-12-17(13-8-5-9-14-17)18(19-2)15-16-10-6-4-7-11-16/h3-4,6-7,10-11H,1,5,8-9,12-15H2,2H3. The third-order valence-corrected chi connectivity index (χ3v) is 4.23. The summed E-state index contributed by atoms with van der Waals surface area (Å²) in [6.45, 7) is 4.79. The van der Waals surface area contributed by atoms with Crippen LogP contribution in [0.5, 0.6) is 0 Å². The van der Waals surface area contributed by atoms with Crippen LogP contribution in [0, 0.1) is 0 Å². The smallest absolute Gasteiger partial charge is 0.0575 e. The van der Waals surface area contributed by atoms with Gasteiger partial charge in [-0.3, -0.25) is 0 Å². The molecule has 0 atom stereocenters. The molecule has 0 saturated heterocycles. The SMILES string of the molecule is C=CCC1(N(Cc2ccccc2)OC)CCCCC1. The summed E-state index contributed by atoms with van der Waals surface area (Å²) in [5.41, 5.74) is 1.45. The molecule has 1 aromatic rings. The second-order valence-corrected chi connectivity index (χ2v) is 5.48. The zero-order chi connectivity index (χ0) is 13.6. The minimum absolute atomic E-state index is 0.143. The molecule has 0 radical (unpaired) electrons. The van der Waals surface area contributed by atoms with Crippen molar-refractivity contribution in [1.82, 2.24) is 5.06 Å². The quantitative estimate of drug-likeness (QED) is 0.557. The van der Waals surface area contributed by atoms with Crippen LogP contribution in [-0.2, 0) is 11.4 Å². The minimum Gasteiger partial charge on any atom is -0.301 e. The fraction of sp³-hybridized carbons (Fsp3) is 0.529. The van der Waals surface area contributed by atoms with Gasteiger partial charge in [0, 0.05) is 6.54 Å². The Morgan fingerprint density at radius 3 is 2.47 bits per heavy atom. The van der Waals surface area contributed by atoms with Crippen LogP contribution in [0.2, 0.25) is 0 Å². The monoisotopic (exact) mass is 259 g/mol. The number of hydrogen-bond acceptors (Lipinski definition) is 2. The Hall–Kier alpha value is -1.12. The molecule has 0 unspecified atom stereocenters. The van der Waals surface area contributed by atoms with Crippen molar-refractivity contribution < 1.29 is 4.84 Å². The van der Waals surface area contributed by atoms with Gasteiger partial charge < -0.3 is 4.84 Å². The number of hydrogen-bond donors (Lipinski definition) is 0. The summed E-state index contributed by atoms with van der Waals surface area (Å²) in [5, 5.41) is 2.18. The third kappa shape index (κ3) is 3.46. The van der Waals surface area contributed by atoms with Crippen molar-refractivity contribution >= 4 is 0 Å². The Morgan fingerprint density at radius 1 is 1.21 bits per heavy atom. The predicted octanol–water partition coefficient (Wildman–Crippen LogP) is 4.33. The van der Waals surface area contributed by atoms with Crippen LogP contribution in [-0.4, -0.2) is 17.7 Å². The molecule has 2 rings (SSSR count). The third-order valence-electron chi connectivity index (χ3n) is 4.23. The van der Waals surface area contributed by atoms with Crippen molar-refractivity contribution in [3.63, 3.8) is 0 Å². The zero-order valence-corrected chi connectivity index (χ0v) is 12.0. The highest BCUT2D eigenvalue weighted by Gasteiger charge is 2.37. The lowest BCUT2D eigenvalue weighted by Crippen LogP contribution is -2.48. The van der Waals surface area contributed by atoms with E-state index in [0.29, 0.717) is 0 Å². The summed E-state index contributed by atoms with van der Waals surface area (Å²) in [4.78, 5) is 5.74. The van der Waals surface area contributed by atoms with E-state index in [-0.39, 0.29) is 5.54 Å². The lowest BCUT2D eigenvalue weighted by molar-refractivity contribution is -0.218. The summed E-state index contributed by atoms with van der Waals surface area (Å²) in [6, 6.07) is 10.6. The van der Waals surface area contributed by atoms with E-state index >= 15 is 0 Å². The first-order valence-electron chi connectivity index (χ1n) is 7.27. The Bertz CT molecular complexity index is 382. The highest BCUT2D eigenvalue weighted by atomic mass is 16.7. The lowest BCUT2D eigenvalue weighted by Gasteiger charge is -2.44. The first kappa shape index (κ1) is 14.3. The van der Waals surface area contributed by atoms with Gasteiger partial charge in [-0.1, -0.05) is 55.7 Å². The molecule has 0 heterocycles. The van der Waals surface area contributed by atoms with Crippen LogP contribution in [0.25, 0.3) is 0 Å². The summed E-state index contributed by atoms with van der Waals surface area (Å²) in [6.07, 6.45) is 9.40. The van der Waals surface area contributed by atoms with Gasteiger partial charge in [-0.05, 0) is 24.8 Å². The fourth-order valence-electron chi connectivity index (χ4n) is 3.21. The average molecular weight is 259 g/mol.